The molecular formula is C16H18N2O3S. The Kier molecular flexibility index (Phi) is 5.30. The van der Waals surface area contributed by atoms with Gasteiger partial charge >= 0.3 is 11.8 Å². The van der Waals surface area contributed by atoms with Crippen LogP contribution in [0.2, 0.25) is 0 Å². The standard InChI is InChI=1S/C16H18N2O3S/c1-10-4-3-5-11(2)14(10)18-16(21)15(20)17-8-13(19)12-6-7-22-9-12/h3-7,9,13,19H,8H2,1-2H3,(H,17,20)(H,18,21). The molecule has 1 heterocycles. The summed E-state index contributed by atoms with van der Waals surface area (Å²) in [6.07, 6.45) is -0.816. The van der Waals surface area contributed by atoms with Gasteiger partial charge in [0.15, 0.2) is 0 Å². The minimum Gasteiger partial charge on any atom is -0.387 e. The summed E-state index contributed by atoms with van der Waals surface area (Å²) in [5, 5.41) is 18.6. The number of aryl methyl sites for hydroxylation is 2. The van der Waals surface area contributed by atoms with Crippen LogP contribution in [0.1, 0.15) is 22.8 Å². The zero-order valence-electron chi connectivity index (χ0n) is 12.4. The number of thiophene rings is 1. The highest BCUT2D eigenvalue weighted by molar-refractivity contribution is 7.07. The van der Waals surface area contributed by atoms with E-state index < -0.39 is 17.9 Å². The molecule has 0 bridgehead atoms. The van der Waals surface area contributed by atoms with Crippen LogP contribution in [0.4, 0.5) is 5.69 Å². The van der Waals surface area contributed by atoms with E-state index in [1.165, 1.54) is 11.3 Å². The second-order valence-electron chi connectivity index (χ2n) is 5.00. The predicted octanol–water partition coefficient (Wildman–Crippen LogP) is 2.15. The third kappa shape index (κ3) is 3.93. The molecule has 3 N–H and O–H groups in total. The van der Waals surface area contributed by atoms with E-state index in [0.29, 0.717) is 5.69 Å². The summed E-state index contributed by atoms with van der Waals surface area (Å²) in [6.45, 7) is 3.72. The van der Waals surface area contributed by atoms with E-state index in [9.17, 15) is 14.7 Å². The Balaban J connectivity index is 1.91. The molecular weight excluding hydrogens is 300 g/mol. The van der Waals surface area contributed by atoms with Crippen molar-refractivity contribution >= 4 is 28.8 Å². The van der Waals surface area contributed by atoms with Gasteiger partial charge in [0.2, 0.25) is 0 Å². The van der Waals surface area contributed by atoms with Crippen LogP contribution in [0.5, 0.6) is 0 Å². The summed E-state index contributed by atoms with van der Waals surface area (Å²) in [5.74, 6) is -1.51. The highest BCUT2D eigenvalue weighted by Crippen LogP contribution is 2.19. The van der Waals surface area contributed by atoms with Crippen LogP contribution < -0.4 is 10.6 Å². The van der Waals surface area contributed by atoms with Crippen LogP contribution >= 0.6 is 11.3 Å². The zero-order chi connectivity index (χ0) is 16.1. The van der Waals surface area contributed by atoms with Gasteiger partial charge in [-0.1, -0.05) is 18.2 Å². The fourth-order valence-corrected chi connectivity index (χ4v) is 2.74. The summed E-state index contributed by atoms with van der Waals surface area (Å²) in [4.78, 5) is 23.7. The smallest absolute Gasteiger partial charge is 0.313 e. The minimum atomic E-state index is -0.816. The maximum Gasteiger partial charge on any atom is 0.313 e. The molecule has 0 aliphatic carbocycles. The normalized spacial score (nSPS) is 11.8. The SMILES string of the molecule is Cc1cccc(C)c1NC(=O)C(=O)NCC(O)c1ccsc1. The van der Waals surface area contributed by atoms with Crippen molar-refractivity contribution in [2.45, 2.75) is 20.0 Å². The number of anilines is 1. The number of amides is 2. The summed E-state index contributed by atoms with van der Waals surface area (Å²) < 4.78 is 0. The predicted molar refractivity (Wildman–Crippen MR) is 86.8 cm³/mol. The zero-order valence-corrected chi connectivity index (χ0v) is 13.2. The van der Waals surface area contributed by atoms with Crippen LogP contribution in [0.25, 0.3) is 0 Å². The molecule has 22 heavy (non-hydrogen) atoms. The molecule has 1 unspecified atom stereocenters. The van der Waals surface area contributed by atoms with Gasteiger partial charge in [-0.25, -0.2) is 0 Å². The van der Waals surface area contributed by atoms with Crippen molar-refractivity contribution < 1.29 is 14.7 Å². The lowest BCUT2D eigenvalue weighted by molar-refractivity contribution is -0.136. The van der Waals surface area contributed by atoms with Crippen molar-refractivity contribution in [1.29, 1.82) is 0 Å². The van der Waals surface area contributed by atoms with Crippen molar-refractivity contribution in [2.24, 2.45) is 0 Å². The van der Waals surface area contributed by atoms with Crippen molar-refractivity contribution in [1.82, 2.24) is 5.32 Å². The van der Waals surface area contributed by atoms with Crippen LogP contribution in [0.3, 0.4) is 0 Å². The molecule has 1 atom stereocenters. The van der Waals surface area contributed by atoms with Crippen LogP contribution in [0.15, 0.2) is 35.0 Å². The molecule has 2 aromatic rings. The third-order valence-corrected chi connectivity index (χ3v) is 4.01. The molecule has 0 aliphatic heterocycles. The molecule has 0 saturated heterocycles. The van der Waals surface area contributed by atoms with Crippen LogP contribution in [0, 0.1) is 13.8 Å². The first-order chi connectivity index (χ1) is 10.5. The molecule has 1 aromatic heterocycles. The molecule has 116 valence electrons. The number of rotatable bonds is 4. The van der Waals surface area contributed by atoms with Gasteiger partial charge in [0.1, 0.15) is 0 Å². The summed E-state index contributed by atoms with van der Waals surface area (Å²) in [6, 6.07) is 7.39. The number of nitrogens with one attached hydrogen (secondary N) is 2. The Morgan fingerprint density at radius 3 is 2.45 bits per heavy atom. The van der Waals surface area contributed by atoms with Crippen LogP contribution in [-0.4, -0.2) is 23.5 Å². The van der Waals surface area contributed by atoms with E-state index in [1.807, 2.05) is 37.4 Å². The Bertz CT molecular complexity index is 648. The second kappa shape index (κ2) is 7.20. The van der Waals surface area contributed by atoms with Gasteiger partial charge in [-0.2, -0.15) is 11.3 Å². The first-order valence-electron chi connectivity index (χ1n) is 6.84. The van der Waals surface area contributed by atoms with E-state index >= 15 is 0 Å². The summed E-state index contributed by atoms with van der Waals surface area (Å²) in [7, 11) is 0. The Labute approximate surface area is 133 Å². The van der Waals surface area contributed by atoms with Gasteiger partial charge < -0.3 is 15.7 Å². The van der Waals surface area contributed by atoms with Gasteiger partial charge in [0.05, 0.1) is 6.10 Å². The van der Waals surface area contributed by atoms with E-state index in [-0.39, 0.29) is 6.54 Å². The number of hydrogen-bond acceptors (Lipinski definition) is 4. The first kappa shape index (κ1) is 16.2. The lowest BCUT2D eigenvalue weighted by Crippen LogP contribution is -2.37. The topological polar surface area (TPSA) is 78.4 Å². The monoisotopic (exact) mass is 318 g/mol. The number of aliphatic hydroxyl groups is 1. The number of para-hydroxylation sites is 1. The van der Waals surface area contributed by atoms with Crippen molar-refractivity contribution in [3.63, 3.8) is 0 Å². The quantitative estimate of drug-likeness (QED) is 0.756. The van der Waals surface area contributed by atoms with E-state index in [1.54, 1.807) is 11.4 Å². The maximum atomic E-state index is 11.9. The highest BCUT2D eigenvalue weighted by Gasteiger charge is 2.17. The molecule has 0 aliphatic rings. The third-order valence-electron chi connectivity index (χ3n) is 3.31. The molecule has 6 heteroatoms. The molecule has 0 spiro atoms. The average molecular weight is 318 g/mol. The first-order valence-corrected chi connectivity index (χ1v) is 7.79. The molecule has 5 nitrogen and oxygen atoms in total. The van der Waals surface area contributed by atoms with Crippen molar-refractivity contribution in [3.05, 3.63) is 51.7 Å². The largest absolute Gasteiger partial charge is 0.387 e. The van der Waals surface area contributed by atoms with Gasteiger partial charge in [0.25, 0.3) is 0 Å². The van der Waals surface area contributed by atoms with Crippen LogP contribution in [-0.2, 0) is 9.59 Å². The summed E-state index contributed by atoms with van der Waals surface area (Å²) >= 11 is 1.46. The highest BCUT2D eigenvalue weighted by atomic mass is 32.1. The lowest BCUT2D eigenvalue weighted by atomic mass is 10.1. The van der Waals surface area contributed by atoms with Gasteiger partial charge in [0, 0.05) is 12.2 Å². The fourth-order valence-electron chi connectivity index (χ4n) is 2.03. The summed E-state index contributed by atoms with van der Waals surface area (Å²) in [5.41, 5.74) is 3.14. The molecule has 2 rings (SSSR count). The number of aliphatic hydroxyl groups excluding tert-OH is 1. The van der Waals surface area contributed by atoms with Gasteiger partial charge in [-0.15, -0.1) is 0 Å². The number of carbonyl (C=O) groups is 2. The van der Waals surface area contributed by atoms with Crippen molar-refractivity contribution in [2.75, 3.05) is 11.9 Å². The average Bonchev–Trinajstić information content (AvgIpc) is 3.02. The molecule has 1 aromatic carbocycles. The van der Waals surface area contributed by atoms with E-state index in [2.05, 4.69) is 10.6 Å². The molecule has 0 radical (unpaired) electrons. The lowest BCUT2D eigenvalue weighted by Gasteiger charge is -2.13. The van der Waals surface area contributed by atoms with Gasteiger partial charge in [-0.3, -0.25) is 9.59 Å². The van der Waals surface area contributed by atoms with E-state index in [0.717, 1.165) is 16.7 Å². The number of hydrogen-bond donors (Lipinski definition) is 3. The Morgan fingerprint density at radius 1 is 1.18 bits per heavy atom. The Hall–Kier alpha value is -2.18. The van der Waals surface area contributed by atoms with Crippen molar-refractivity contribution in [3.8, 4) is 0 Å². The molecule has 0 fully saturated rings. The molecule has 2 amide bonds. The fraction of sp³-hybridized carbons (Fsp3) is 0.250. The number of carbonyl (C=O) groups excluding carboxylic acids is 2. The number of benzene rings is 1. The minimum absolute atomic E-state index is 0.00423. The molecule has 0 saturated carbocycles. The van der Waals surface area contributed by atoms with E-state index in [4.69, 9.17) is 0 Å². The van der Waals surface area contributed by atoms with Gasteiger partial charge in [-0.05, 0) is 47.4 Å². The second-order valence-corrected chi connectivity index (χ2v) is 5.78. The maximum absolute atomic E-state index is 11.9. The Morgan fingerprint density at radius 2 is 1.86 bits per heavy atom.